The van der Waals surface area contributed by atoms with Crippen molar-refractivity contribution in [2.45, 2.75) is 32.2 Å². The SMILES string of the molecule is CC(C)OC1(O)C=CC=CC1CC#N. The molecular formula is C11H15NO2. The van der Waals surface area contributed by atoms with Crippen LogP contribution in [0.5, 0.6) is 0 Å². The third kappa shape index (κ3) is 2.44. The van der Waals surface area contributed by atoms with Gasteiger partial charge in [0.25, 0.3) is 0 Å². The first-order chi connectivity index (χ1) is 6.58. The van der Waals surface area contributed by atoms with E-state index in [2.05, 4.69) is 0 Å². The van der Waals surface area contributed by atoms with E-state index in [1.165, 1.54) is 0 Å². The van der Waals surface area contributed by atoms with Crippen molar-refractivity contribution in [2.75, 3.05) is 0 Å². The lowest BCUT2D eigenvalue weighted by atomic mass is 9.91. The number of nitrogens with zero attached hydrogens (tertiary/aromatic N) is 1. The molecule has 1 rings (SSSR count). The zero-order valence-corrected chi connectivity index (χ0v) is 8.47. The second-order valence-electron chi connectivity index (χ2n) is 3.63. The highest BCUT2D eigenvalue weighted by Gasteiger charge is 2.35. The molecule has 14 heavy (non-hydrogen) atoms. The van der Waals surface area contributed by atoms with Gasteiger partial charge in [-0.2, -0.15) is 5.26 Å². The third-order valence-corrected chi connectivity index (χ3v) is 2.06. The Kier molecular flexibility index (Phi) is 3.45. The average molecular weight is 193 g/mol. The van der Waals surface area contributed by atoms with Crippen LogP contribution in [0.15, 0.2) is 24.3 Å². The number of rotatable bonds is 3. The van der Waals surface area contributed by atoms with Crippen molar-refractivity contribution in [3.63, 3.8) is 0 Å². The molecule has 0 bridgehead atoms. The molecule has 1 aliphatic carbocycles. The maximum atomic E-state index is 10.1. The average Bonchev–Trinajstić information content (AvgIpc) is 2.08. The van der Waals surface area contributed by atoms with Crippen LogP contribution in [-0.2, 0) is 4.74 Å². The monoisotopic (exact) mass is 193 g/mol. The molecule has 0 fully saturated rings. The summed E-state index contributed by atoms with van der Waals surface area (Å²) in [6.45, 7) is 3.71. The van der Waals surface area contributed by atoms with Crippen LogP contribution >= 0.6 is 0 Å². The first-order valence-corrected chi connectivity index (χ1v) is 4.71. The summed E-state index contributed by atoms with van der Waals surface area (Å²) in [5.74, 6) is -1.60. The van der Waals surface area contributed by atoms with Crippen molar-refractivity contribution in [2.24, 2.45) is 5.92 Å². The van der Waals surface area contributed by atoms with Crippen molar-refractivity contribution in [1.82, 2.24) is 0 Å². The van der Waals surface area contributed by atoms with E-state index in [-0.39, 0.29) is 18.4 Å². The van der Waals surface area contributed by atoms with E-state index < -0.39 is 5.79 Å². The molecule has 0 spiro atoms. The maximum absolute atomic E-state index is 10.1. The number of hydrogen-bond donors (Lipinski definition) is 1. The van der Waals surface area contributed by atoms with Crippen LogP contribution in [0.2, 0.25) is 0 Å². The zero-order chi connectivity index (χ0) is 10.6. The summed E-state index contributed by atoms with van der Waals surface area (Å²) in [5.41, 5.74) is 0. The molecular weight excluding hydrogens is 178 g/mol. The predicted octanol–water partition coefficient (Wildman–Crippen LogP) is 1.76. The molecule has 0 aromatic heterocycles. The number of allylic oxidation sites excluding steroid dienone is 2. The lowest BCUT2D eigenvalue weighted by molar-refractivity contribution is -0.211. The summed E-state index contributed by atoms with van der Waals surface area (Å²) in [6.07, 6.45) is 7.12. The van der Waals surface area contributed by atoms with E-state index in [0.717, 1.165) is 0 Å². The highest BCUT2D eigenvalue weighted by molar-refractivity contribution is 5.19. The van der Waals surface area contributed by atoms with Crippen LogP contribution in [-0.4, -0.2) is 17.0 Å². The van der Waals surface area contributed by atoms with Crippen LogP contribution in [0.25, 0.3) is 0 Å². The van der Waals surface area contributed by atoms with Crippen molar-refractivity contribution >= 4 is 0 Å². The van der Waals surface area contributed by atoms with Crippen LogP contribution in [0.3, 0.4) is 0 Å². The first kappa shape index (κ1) is 11.0. The Morgan fingerprint density at radius 2 is 2.29 bits per heavy atom. The van der Waals surface area contributed by atoms with E-state index in [4.69, 9.17) is 10.00 Å². The van der Waals surface area contributed by atoms with Gasteiger partial charge in [-0.25, -0.2) is 0 Å². The second-order valence-corrected chi connectivity index (χ2v) is 3.63. The highest BCUT2D eigenvalue weighted by Crippen LogP contribution is 2.29. The molecule has 3 heteroatoms. The minimum absolute atomic E-state index is 0.0719. The minimum Gasteiger partial charge on any atom is -0.362 e. The zero-order valence-electron chi connectivity index (χ0n) is 8.47. The fourth-order valence-corrected chi connectivity index (χ4v) is 1.47. The Morgan fingerprint density at radius 1 is 1.57 bits per heavy atom. The van der Waals surface area contributed by atoms with Gasteiger partial charge in [0.1, 0.15) is 0 Å². The molecule has 0 aliphatic heterocycles. The molecule has 0 aromatic rings. The predicted molar refractivity (Wildman–Crippen MR) is 53.2 cm³/mol. The Morgan fingerprint density at radius 3 is 2.86 bits per heavy atom. The molecule has 0 heterocycles. The van der Waals surface area contributed by atoms with Crippen LogP contribution in [0.4, 0.5) is 0 Å². The number of hydrogen-bond acceptors (Lipinski definition) is 3. The van der Waals surface area contributed by atoms with Gasteiger partial charge in [0.05, 0.1) is 12.2 Å². The van der Waals surface area contributed by atoms with Crippen molar-refractivity contribution < 1.29 is 9.84 Å². The number of nitriles is 1. The minimum atomic E-state index is -1.32. The molecule has 1 N–H and O–H groups in total. The molecule has 0 saturated heterocycles. The van der Waals surface area contributed by atoms with Gasteiger partial charge in [-0.05, 0) is 19.9 Å². The van der Waals surface area contributed by atoms with Gasteiger partial charge in [-0.3, -0.25) is 0 Å². The summed E-state index contributed by atoms with van der Waals surface area (Å²) in [6, 6.07) is 2.04. The lowest BCUT2D eigenvalue weighted by Gasteiger charge is -2.33. The highest BCUT2D eigenvalue weighted by atomic mass is 16.6. The van der Waals surface area contributed by atoms with E-state index in [9.17, 15) is 5.11 Å². The first-order valence-electron chi connectivity index (χ1n) is 4.71. The molecule has 0 aromatic carbocycles. The summed E-state index contributed by atoms with van der Waals surface area (Å²) in [7, 11) is 0. The summed E-state index contributed by atoms with van der Waals surface area (Å²) >= 11 is 0. The van der Waals surface area contributed by atoms with Crippen LogP contribution < -0.4 is 0 Å². The number of aliphatic hydroxyl groups is 1. The quantitative estimate of drug-likeness (QED) is 0.695. The van der Waals surface area contributed by atoms with Crippen molar-refractivity contribution in [3.05, 3.63) is 24.3 Å². The van der Waals surface area contributed by atoms with Crippen LogP contribution in [0.1, 0.15) is 20.3 Å². The fourth-order valence-electron chi connectivity index (χ4n) is 1.47. The maximum Gasteiger partial charge on any atom is 0.193 e. The molecule has 0 saturated carbocycles. The molecule has 0 radical (unpaired) electrons. The third-order valence-electron chi connectivity index (χ3n) is 2.06. The van der Waals surface area contributed by atoms with Gasteiger partial charge < -0.3 is 9.84 Å². The van der Waals surface area contributed by atoms with Gasteiger partial charge in [0, 0.05) is 12.3 Å². The van der Waals surface area contributed by atoms with E-state index in [1.807, 2.05) is 26.0 Å². The second kappa shape index (κ2) is 4.41. The van der Waals surface area contributed by atoms with Gasteiger partial charge in [0.15, 0.2) is 5.79 Å². The van der Waals surface area contributed by atoms with Crippen LogP contribution in [0, 0.1) is 17.2 Å². The van der Waals surface area contributed by atoms with E-state index >= 15 is 0 Å². The molecule has 1 aliphatic rings. The fraction of sp³-hybridized carbons (Fsp3) is 0.545. The molecule has 76 valence electrons. The standard InChI is InChI=1S/C11H15NO2/c1-9(2)14-11(13)7-4-3-5-10(11)6-8-12/h3-5,7,9-10,13H,6H2,1-2H3. The lowest BCUT2D eigenvalue weighted by Crippen LogP contribution is -2.41. The van der Waals surface area contributed by atoms with Gasteiger partial charge >= 0.3 is 0 Å². The van der Waals surface area contributed by atoms with E-state index in [0.29, 0.717) is 0 Å². The normalized spacial score (nSPS) is 30.6. The number of ether oxygens (including phenoxy) is 1. The smallest absolute Gasteiger partial charge is 0.193 e. The summed E-state index contributed by atoms with van der Waals surface area (Å²) in [5, 5.41) is 18.7. The van der Waals surface area contributed by atoms with Crippen molar-refractivity contribution in [1.29, 1.82) is 5.26 Å². The molecule has 3 nitrogen and oxygen atoms in total. The Hall–Kier alpha value is -1.11. The largest absolute Gasteiger partial charge is 0.362 e. The van der Waals surface area contributed by atoms with Gasteiger partial charge in [-0.15, -0.1) is 0 Å². The topological polar surface area (TPSA) is 53.2 Å². The molecule has 2 unspecified atom stereocenters. The Bertz CT molecular complexity index is 288. The Labute approximate surface area is 84.3 Å². The van der Waals surface area contributed by atoms with Crippen molar-refractivity contribution in [3.8, 4) is 6.07 Å². The van der Waals surface area contributed by atoms with E-state index in [1.54, 1.807) is 18.2 Å². The summed E-state index contributed by atoms with van der Waals surface area (Å²) < 4.78 is 5.41. The molecule has 2 atom stereocenters. The molecule has 0 amide bonds. The Balaban J connectivity index is 2.78. The van der Waals surface area contributed by atoms with Gasteiger partial charge in [0.2, 0.25) is 0 Å². The van der Waals surface area contributed by atoms with Gasteiger partial charge in [-0.1, -0.05) is 18.2 Å². The summed E-state index contributed by atoms with van der Waals surface area (Å²) in [4.78, 5) is 0.